The van der Waals surface area contributed by atoms with Gasteiger partial charge in [-0.1, -0.05) is 133 Å². The van der Waals surface area contributed by atoms with Crippen molar-refractivity contribution in [3.05, 3.63) is 199 Å². The molecule has 0 amide bonds. The van der Waals surface area contributed by atoms with Crippen LogP contribution in [0.5, 0.6) is 11.5 Å². The summed E-state index contributed by atoms with van der Waals surface area (Å²) in [5, 5.41) is 1.44. The van der Waals surface area contributed by atoms with E-state index in [1.807, 2.05) is 12.1 Å². The van der Waals surface area contributed by atoms with Gasteiger partial charge in [-0.3, -0.25) is 4.57 Å². The second-order valence-electron chi connectivity index (χ2n) is 12.5. The number of hydrogen-bond acceptors (Lipinski definition) is 2. The molecule has 6 heteroatoms. The van der Waals surface area contributed by atoms with Gasteiger partial charge in [0.05, 0.1) is 30.4 Å². The van der Waals surface area contributed by atoms with Crippen molar-refractivity contribution in [2.75, 3.05) is 0 Å². The number of nitrogens with zero attached hydrogens (tertiary/aromatic N) is 4. The zero-order valence-corrected chi connectivity index (χ0v) is 31.2. The second-order valence-corrected chi connectivity index (χ2v) is 12.5. The van der Waals surface area contributed by atoms with E-state index in [1.165, 1.54) is 18.2 Å². The minimum atomic E-state index is -2.74. The molecule has 7 aromatic carbocycles. The molecule has 0 bridgehead atoms. The summed E-state index contributed by atoms with van der Waals surface area (Å²) < 4.78 is 147. The van der Waals surface area contributed by atoms with Crippen LogP contribution in [0.3, 0.4) is 0 Å². The van der Waals surface area contributed by atoms with E-state index >= 15 is 0 Å². The number of fused-ring (bicyclic) bond motifs is 4. The number of aromatic nitrogens is 4. The molecule has 0 aliphatic heterocycles. The van der Waals surface area contributed by atoms with Gasteiger partial charge in [0.15, 0.2) is 0 Å². The van der Waals surface area contributed by atoms with E-state index in [2.05, 4.69) is 23.4 Å². The first kappa shape index (κ1) is 21.5. The standard InChI is InChI=1S/C50H34N4O.Pt/c1-34-29-35(2)50(51-32-34)54-45-24-10-9-21-43(45)44-28-27-40(31-48(44)54)55-39-20-13-19-38(30-39)52-33-53(47-26-12-11-25-46(47)52)49-41(36-15-5-3-6-16-36)22-14-23-42(49)37-17-7-4-8-18-37;/h3-29,32H,1-2H3;/q-2;/i1D3,2D3,3D,4D,5D,6D,7D,8D,15D,16D,17D,18D;. The molecule has 0 unspecified atom stereocenters. The number of pyridine rings is 1. The quantitative estimate of drug-likeness (QED) is 0.118. The molecule has 0 N–H and O–H groups in total. The molecule has 272 valence electrons. The van der Waals surface area contributed by atoms with E-state index in [-0.39, 0.29) is 77.5 Å². The molecule has 0 aliphatic carbocycles. The summed E-state index contributed by atoms with van der Waals surface area (Å²) in [7, 11) is 0. The van der Waals surface area contributed by atoms with Crippen LogP contribution in [0.15, 0.2) is 170 Å². The van der Waals surface area contributed by atoms with Gasteiger partial charge in [0.25, 0.3) is 6.33 Å². The van der Waals surface area contributed by atoms with Crippen LogP contribution in [0.4, 0.5) is 0 Å². The molecule has 10 aromatic rings. The Kier molecular flexibility index (Phi) is 5.61. The summed E-state index contributed by atoms with van der Waals surface area (Å²) in [6.45, 7) is -5.35. The van der Waals surface area contributed by atoms with E-state index in [9.17, 15) is 0 Å². The fraction of sp³-hybridized carbons (Fsp3) is 0.0400. The van der Waals surface area contributed by atoms with Crippen molar-refractivity contribution in [2.24, 2.45) is 0 Å². The number of imidazole rings is 1. The van der Waals surface area contributed by atoms with Gasteiger partial charge in [-0.2, -0.15) is 18.2 Å². The van der Waals surface area contributed by atoms with E-state index in [0.29, 0.717) is 33.1 Å². The van der Waals surface area contributed by atoms with Gasteiger partial charge in [-0.05, 0) is 64.2 Å². The maximum atomic E-state index is 8.97. The van der Waals surface area contributed by atoms with E-state index < -0.39 is 74.1 Å². The Morgan fingerprint density at radius 3 is 2.12 bits per heavy atom. The summed E-state index contributed by atoms with van der Waals surface area (Å²) in [6, 6.07) is 29.6. The monoisotopic (exact) mass is 917 g/mol. The van der Waals surface area contributed by atoms with Crippen molar-refractivity contribution in [1.82, 2.24) is 14.1 Å². The maximum Gasteiger partial charge on any atom is 0.268 e. The van der Waals surface area contributed by atoms with Crippen LogP contribution in [-0.4, -0.2) is 14.1 Å². The summed E-state index contributed by atoms with van der Waals surface area (Å²) in [5.74, 6) is 0.412. The van der Waals surface area contributed by atoms with Crippen LogP contribution in [-0.2, 0) is 21.1 Å². The molecular formula is C50H34N4OPt-2. The number of benzene rings is 7. The van der Waals surface area contributed by atoms with Crippen LogP contribution in [0, 0.1) is 32.2 Å². The topological polar surface area (TPSA) is 35.9 Å². The SMILES string of the molecule is [2H]c1c([2H])c([2H])c(-c2cccc(-c3c([2H])c([2H])c([2H])c([2H])c3[2H])c2-[n+]2[c-]n(-c3[c-]c(Oc4[c-]c5c(cc4)c4ccccc4n5-c4ncc(C([2H])([2H])[2H])cc4C([2H])([2H])[2H])ccc3)c3ccccc32)c([2H])c1[2H].[Pt]. The fourth-order valence-electron chi connectivity index (χ4n) is 6.90. The van der Waals surface area contributed by atoms with Crippen molar-refractivity contribution >= 4 is 32.8 Å². The molecule has 0 atom stereocenters. The first-order valence-corrected chi connectivity index (χ1v) is 17.1. The van der Waals surface area contributed by atoms with Crippen LogP contribution in [0.25, 0.3) is 72.3 Å². The van der Waals surface area contributed by atoms with Crippen LogP contribution >= 0.6 is 0 Å². The Morgan fingerprint density at radius 2 is 1.38 bits per heavy atom. The third kappa shape index (κ3) is 6.11. The molecule has 3 heterocycles. The molecule has 0 spiro atoms. The van der Waals surface area contributed by atoms with Gasteiger partial charge in [0.2, 0.25) is 0 Å². The first-order valence-electron chi connectivity index (χ1n) is 25.1. The first-order chi connectivity index (χ1) is 33.7. The molecule has 10 rings (SSSR count). The average molecular weight is 918 g/mol. The van der Waals surface area contributed by atoms with Gasteiger partial charge >= 0.3 is 0 Å². The van der Waals surface area contributed by atoms with E-state index in [4.69, 9.17) is 26.7 Å². The Bertz CT molecular complexity index is 3720. The van der Waals surface area contributed by atoms with Crippen LogP contribution in [0.2, 0.25) is 0 Å². The van der Waals surface area contributed by atoms with Crippen LogP contribution < -0.4 is 9.30 Å². The van der Waals surface area contributed by atoms with E-state index in [0.717, 1.165) is 17.6 Å². The van der Waals surface area contributed by atoms with Gasteiger partial charge in [-0.25, -0.2) is 4.98 Å². The number of para-hydroxylation sites is 4. The smallest absolute Gasteiger partial charge is 0.268 e. The number of ether oxygens (including phenoxy) is 1. The van der Waals surface area contributed by atoms with E-state index in [1.54, 1.807) is 80.4 Å². The third-order valence-electron chi connectivity index (χ3n) is 9.21. The predicted molar refractivity (Wildman–Crippen MR) is 220 cm³/mol. The predicted octanol–water partition coefficient (Wildman–Crippen LogP) is 11.5. The number of aryl methyl sites for hydroxylation is 2. The van der Waals surface area contributed by atoms with Crippen LogP contribution in [0.1, 0.15) is 33.1 Å². The Balaban J connectivity index is 0.00000640. The number of rotatable bonds is 7. The molecule has 5 nitrogen and oxygen atoms in total. The van der Waals surface area contributed by atoms with Gasteiger partial charge in [0.1, 0.15) is 5.82 Å². The maximum absolute atomic E-state index is 8.97. The largest absolute Gasteiger partial charge is 0.510 e. The molecule has 56 heavy (non-hydrogen) atoms. The van der Waals surface area contributed by atoms with Crippen molar-refractivity contribution < 1.29 is 52.3 Å². The van der Waals surface area contributed by atoms with Crippen molar-refractivity contribution in [3.8, 4) is 50.9 Å². The molecule has 0 saturated heterocycles. The Labute approximate surface area is 362 Å². The summed E-state index contributed by atoms with van der Waals surface area (Å²) in [6.07, 6.45) is 4.48. The molecule has 0 saturated carbocycles. The molecule has 3 aromatic heterocycles. The molecular weight excluding hydrogens is 868 g/mol. The second kappa shape index (κ2) is 14.6. The molecule has 0 radical (unpaired) electrons. The summed E-state index contributed by atoms with van der Waals surface area (Å²) in [4.78, 5) is 4.43. The number of hydrogen-bond donors (Lipinski definition) is 0. The minimum absolute atomic E-state index is 0. The zero-order valence-electron chi connectivity index (χ0n) is 44.9. The van der Waals surface area contributed by atoms with Crippen molar-refractivity contribution in [2.45, 2.75) is 13.7 Å². The zero-order chi connectivity index (χ0) is 50.6. The third-order valence-corrected chi connectivity index (χ3v) is 9.21. The van der Waals surface area contributed by atoms with Gasteiger partial charge in [-0.15, -0.1) is 29.7 Å². The van der Waals surface area contributed by atoms with Crippen molar-refractivity contribution in [1.29, 1.82) is 0 Å². The summed E-state index contributed by atoms with van der Waals surface area (Å²) >= 11 is 0. The Morgan fingerprint density at radius 1 is 0.679 bits per heavy atom. The molecule has 0 fully saturated rings. The summed E-state index contributed by atoms with van der Waals surface area (Å²) in [5.41, 5.74) is 1.80. The van der Waals surface area contributed by atoms with Crippen molar-refractivity contribution in [3.63, 3.8) is 0 Å². The minimum Gasteiger partial charge on any atom is -0.510 e. The Hall–Kier alpha value is -6.55. The normalized spacial score (nSPS) is 15.8. The van der Waals surface area contributed by atoms with Gasteiger partial charge in [0, 0.05) is 52.5 Å². The average Bonchev–Trinajstić information content (AvgIpc) is 3.89. The van der Waals surface area contributed by atoms with Gasteiger partial charge < -0.3 is 13.9 Å². The molecule has 0 aliphatic rings. The fourth-order valence-corrected chi connectivity index (χ4v) is 6.90.